The third-order valence-corrected chi connectivity index (χ3v) is 2.89. The summed E-state index contributed by atoms with van der Waals surface area (Å²) in [4.78, 5) is 4.21. The van der Waals surface area contributed by atoms with E-state index in [1.54, 1.807) is 0 Å². The highest BCUT2D eigenvalue weighted by molar-refractivity contribution is 9.10. The van der Waals surface area contributed by atoms with Gasteiger partial charge in [-0.25, -0.2) is 0 Å². The molecule has 0 aliphatic rings. The lowest BCUT2D eigenvalue weighted by molar-refractivity contribution is 1.11. The Bertz CT molecular complexity index is 229. The Morgan fingerprint density at radius 2 is 1.90 bits per heavy atom. The van der Waals surface area contributed by atoms with Crippen LogP contribution in [0.3, 0.4) is 0 Å². The summed E-state index contributed by atoms with van der Waals surface area (Å²) in [6.45, 7) is 6.13. The molecule has 1 aromatic heterocycles. The molecule has 0 aliphatic heterocycles. The van der Waals surface area contributed by atoms with Crippen molar-refractivity contribution in [2.24, 2.45) is 0 Å². The van der Waals surface area contributed by atoms with Crippen molar-refractivity contribution in [1.82, 2.24) is 4.98 Å². The van der Waals surface area contributed by atoms with E-state index in [2.05, 4.69) is 27.8 Å². The van der Waals surface area contributed by atoms with Gasteiger partial charge < -0.3 is 0 Å². The molecule has 1 aromatic rings. The van der Waals surface area contributed by atoms with Gasteiger partial charge in [-0.3, -0.25) is 4.98 Å². The average molecular weight is 200 g/mol. The second-order valence-corrected chi connectivity index (χ2v) is 3.26. The fraction of sp³-hybridized carbons (Fsp3) is 0.375. The molecule has 0 saturated heterocycles. The van der Waals surface area contributed by atoms with Crippen molar-refractivity contribution in [2.45, 2.75) is 20.8 Å². The summed E-state index contributed by atoms with van der Waals surface area (Å²) in [7, 11) is 0. The summed E-state index contributed by atoms with van der Waals surface area (Å²) in [6.07, 6.45) is 1.88. The van der Waals surface area contributed by atoms with Crippen molar-refractivity contribution in [1.29, 1.82) is 0 Å². The summed E-state index contributed by atoms with van der Waals surface area (Å²) in [5.41, 5.74) is 3.53. The molecule has 0 aliphatic carbocycles. The van der Waals surface area contributed by atoms with Crippen LogP contribution in [0.4, 0.5) is 0 Å². The normalized spacial score (nSPS) is 10.0. The summed E-state index contributed by atoms with van der Waals surface area (Å²) < 4.78 is 1.18. The minimum absolute atomic E-state index is 1.09. The van der Waals surface area contributed by atoms with Gasteiger partial charge in [0.25, 0.3) is 0 Å². The highest BCUT2D eigenvalue weighted by Gasteiger charge is 2.00. The Balaban J connectivity index is 3.34. The van der Waals surface area contributed by atoms with E-state index in [0.29, 0.717) is 0 Å². The number of aryl methyl sites for hydroxylation is 2. The topological polar surface area (TPSA) is 12.9 Å². The standard InChI is InChI=1S/C8H10BrN/c1-5-4-10-7(3)6(2)8(5)9/h4H,1-3H3. The molecule has 0 N–H and O–H groups in total. The van der Waals surface area contributed by atoms with E-state index in [9.17, 15) is 0 Å². The Hall–Kier alpha value is -0.370. The maximum absolute atomic E-state index is 4.21. The van der Waals surface area contributed by atoms with Gasteiger partial charge in [0, 0.05) is 16.4 Å². The van der Waals surface area contributed by atoms with Gasteiger partial charge in [0.05, 0.1) is 0 Å². The van der Waals surface area contributed by atoms with Crippen LogP contribution >= 0.6 is 15.9 Å². The van der Waals surface area contributed by atoms with Gasteiger partial charge in [0.2, 0.25) is 0 Å². The molecule has 0 atom stereocenters. The Morgan fingerprint density at radius 3 is 2.40 bits per heavy atom. The van der Waals surface area contributed by atoms with Crippen molar-refractivity contribution >= 4 is 15.9 Å². The second-order valence-electron chi connectivity index (χ2n) is 2.47. The number of pyridine rings is 1. The van der Waals surface area contributed by atoms with Crippen LogP contribution < -0.4 is 0 Å². The lowest BCUT2D eigenvalue weighted by atomic mass is 10.2. The van der Waals surface area contributed by atoms with E-state index in [-0.39, 0.29) is 0 Å². The zero-order valence-electron chi connectivity index (χ0n) is 6.40. The largest absolute Gasteiger partial charge is 0.261 e. The first-order valence-corrected chi connectivity index (χ1v) is 4.00. The van der Waals surface area contributed by atoms with Crippen LogP contribution in [0.1, 0.15) is 16.8 Å². The quantitative estimate of drug-likeness (QED) is 0.627. The molecule has 1 rings (SSSR count). The van der Waals surface area contributed by atoms with Crippen LogP contribution in [0, 0.1) is 20.8 Å². The molecule has 0 radical (unpaired) electrons. The van der Waals surface area contributed by atoms with E-state index in [1.165, 1.54) is 15.6 Å². The first kappa shape index (κ1) is 7.73. The smallest absolute Gasteiger partial charge is 0.0413 e. The second kappa shape index (κ2) is 2.70. The SMILES string of the molecule is Cc1cnc(C)c(C)c1Br. The highest BCUT2D eigenvalue weighted by Crippen LogP contribution is 2.20. The minimum atomic E-state index is 1.09. The molecule has 1 nitrogen and oxygen atoms in total. The molecule has 2 heteroatoms. The van der Waals surface area contributed by atoms with E-state index in [4.69, 9.17) is 0 Å². The number of aromatic nitrogens is 1. The first-order chi connectivity index (χ1) is 4.63. The van der Waals surface area contributed by atoms with Gasteiger partial charge >= 0.3 is 0 Å². The van der Waals surface area contributed by atoms with Gasteiger partial charge in [-0.05, 0) is 31.9 Å². The molecule has 0 bridgehead atoms. The van der Waals surface area contributed by atoms with Crippen molar-refractivity contribution in [2.75, 3.05) is 0 Å². The predicted octanol–water partition coefficient (Wildman–Crippen LogP) is 2.77. The lowest BCUT2D eigenvalue weighted by Gasteiger charge is -2.03. The number of halogens is 1. The monoisotopic (exact) mass is 199 g/mol. The van der Waals surface area contributed by atoms with Gasteiger partial charge in [0.15, 0.2) is 0 Å². The van der Waals surface area contributed by atoms with Gasteiger partial charge in [-0.15, -0.1) is 0 Å². The molecule has 0 spiro atoms. The van der Waals surface area contributed by atoms with Crippen molar-refractivity contribution < 1.29 is 0 Å². The molecule has 10 heavy (non-hydrogen) atoms. The molecule has 0 fully saturated rings. The summed E-state index contributed by atoms with van der Waals surface area (Å²) in [6, 6.07) is 0. The minimum Gasteiger partial charge on any atom is -0.261 e. The first-order valence-electron chi connectivity index (χ1n) is 3.21. The van der Waals surface area contributed by atoms with E-state index < -0.39 is 0 Å². The zero-order chi connectivity index (χ0) is 7.72. The lowest BCUT2D eigenvalue weighted by Crippen LogP contribution is -1.89. The summed E-state index contributed by atoms with van der Waals surface area (Å²) in [5.74, 6) is 0. The van der Waals surface area contributed by atoms with Crippen LogP contribution in [0.25, 0.3) is 0 Å². The van der Waals surface area contributed by atoms with Gasteiger partial charge in [-0.2, -0.15) is 0 Å². The van der Waals surface area contributed by atoms with Crippen molar-refractivity contribution in [3.8, 4) is 0 Å². The fourth-order valence-corrected chi connectivity index (χ4v) is 1.19. The van der Waals surface area contributed by atoms with Crippen LogP contribution in [0.2, 0.25) is 0 Å². The Labute approximate surface area is 69.6 Å². The number of rotatable bonds is 0. The van der Waals surface area contributed by atoms with Crippen LogP contribution in [-0.2, 0) is 0 Å². The van der Waals surface area contributed by atoms with Crippen LogP contribution in [0.5, 0.6) is 0 Å². The molecule has 0 amide bonds. The van der Waals surface area contributed by atoms with Crippen molar-refractivity contribution in [3.05, 3.63) is 27.5 Å². The number of nitrogens with zero attached hydrogens (tertiary/aromatic N) is 1. The number of hydrogen-bond donors (Lipinski definition) is 0. The summed E-state index contributed by atoms with van der Waals surface area (Å²) >= 11 is 3.49. The molecule has 1 heterocycles. The molecule has 0 saturated carbocycles. The molecule has 0 unspecified atom stereocenters. The maximum Gasteiger partial charge on any atom is 0.0413 e. The average Bonchev–Trinajstić information content (AvgIpc) is 1.93. The van der Waals surface area contributed by atoms with Crippen molar-refractivity contribution in [3.63, 3.8) is 0 Å². The zero-order valence-corrected chi connectivity index (χ0v) is 7.99. The summed E-state index contributed by atoms with van der Waals surface area (Å²) in [5, 5.41) is 0. The molecule has 54 valence electrons. The predicted molar refractivity (Wildman–Crippen MR) is 46.1 cm³/mol. The fourth-order valence-electron chi connectivity index (χ4n) is 0.802. The van der Waals surface area contributed by atoms with E-state index >= 15 is 0 Å². The van der Waals surface area contributed by atoms with E-state index in [0.717, 1.165) is 5.69 Å². The Morgan fingerprint density at radius 1 is 1.30 bits per heavy atom. The maximum atomic E-state index is 4.21. The molecular formula is C8H10BrN. The Kier molecular flexibility index (Phi) is 2.09. The molecular weight excluding hydrogens is 190 g/mol. The van der Waals surface area contributed by atoms with Crippen LogP contribution in [-0.4, -0.2) is 4.98 Å². The van der Waals surface area contributed by atoms with Crippen LogP contribution in [0.15, 0.2) is 10.7 Å². The van der Waals surface area contributed by atoms with Gasteiger partial charge in [0.1, 0.15) is 0 Å². The van der Waals surface area contributed by atoms with Gasteiger partial charge in [-0.1, -0.05) is 15.9 Å². The highest BCUT2D eigenvalue weighted by atomic mass is 79.9. The third-order valence-electron chi connectivity index (χ3n) is 1.67. The number of hydrogen-bond acceptors (Lipinski definition) is 1. The molecule has 0 aromatic carbocycles. The third kappa shape index (κ3) is 1.21. The van der Waals surface area contributed by atoms with E-state index in [1.807, 2.05) is 20.0 Å².